The summed E-state index contributed by atoms with van der Waals surface area (Å²) in [5.41, 5.74) is 0.786. The minimum absolute atomic E-state index is 0.0394. The number of hydrogen-bond acceptors (Lipinski definition) is 6. The van der Waals surface area contributed by atoms with E-state index in [2.05, 4.69) is 20.4 Å². The average molecular weight is 279 g/mol. The number of carboxylic acids is 1. The maximum atomic E-state index is 10.6. The normalized spacial score (nSPS) is 10.6. The van der Waals surface area contributed by atoms with Crippen molar-refractivity contribution >= 4 is 17.7 Å². The molecule has 7 nitrogen and oxygen atoms in total. The summed E-state index contributed by atoms with van der Waals surface area (Å²) in [6.45, 7) is 2.47. The van der Waals surface area contributed by atoms with Crippen molar-refractivity contribution in [2.24, 2.45) is 0 Å². The second kappa shape index (κ2) is 6.28. The van der Waals surface area contributed by atoms with Crippen LogP contribution in [0.2, 0.25) is 0 Å². The smallest absolute Gasteiger partial charge is 0.313 e. The number of thioether (sulfide) groups is 1. The molecule has 2 aromatic heterocycles. The number of carbonyl (C=O) groups is 1. The van der Waals surface area contributed by atoms with Gasteiger partial charge in [-0.2, -0.15) is 10.2 Å². The molecule has 2 rings (SSSR count). The summed E-state index contributed by atoms with van der Waals surface area (Å²) >= 11 is 1.15. The number of aliphatic carboxylic acids is 1. The minimum atomic E-state index is -0.878. The van der Waals surface area contributed by atoms with Crippen LogP contribution >= 0.6 is 11.8 Å². The zero-order valence-electron chi connectivity index (χ0n) is 10.4. The Morgan fingerprint density at radius 2 is 2.26 bits per heavy atom. The first-order valence-electron chi connectivity index (χ1n) is 5.74. The predicted octanol–water partition coefficient (Wildman–Crippen LogP) is 0.856. The minimum Gasteiger partial charge on any atom is -0.481 e. The zero-order valence-corrected chi connectivity index (χ0v) is 11.2. The summed E-state index contributed by atoms with van der Waals surface area (Å²) in [5, 5.41) is 25.2. The zero-order chi connectivity index (χ0) is 13.7. The molecule has 8 heteroatoms. The van der Waals surface area contributed by atoms with Gasteiger partial charge in [0, 0.05) is 12.6 Å². The lowest BCUT2D eigenvalue weighted by molar-refractivity contribution is -0.133. The van der Waals surface area contributed by atoms with Gasteiger partial charge in [-0.15, -0.1) is 10.2 Å². The Hall–Kier alpha value is -1.96. The van der Waals surface area contributed by atoms with Gasteiger partial charge >= 0.3 is 5.97 Å². The summed E-state index contributed by atoms with van der Waals surface area (Å²) in [7, 11) is 0. The molecule has 0 saturated carbocycles. The fourth-order valence-electron chi connectivity index (χ4n) is 1.55. The largest absolute Gasteiger partial charge is 0.481 e. The standard InChI is InChI=1S/C11H13N5O2S/c1-2-9-14-15-11(19-7-10(17)18)16(9)6-8-4-3-5-12-13-8/h3-5H,2,6-7H2,1H3,(H,17,18). The molecular formula is C11H13N5O2S. The summed E-state index contributed by atoms with van der Waals surface area (Å²) < 4.78 is 1.87. The number of nitrogens with zero attached hydrogens (tertiary/aromatic N) is 5. The third kappa shape index (κ3) is 3.50. The molecule has 100 valence electrons. The van der Waals surface area contributed by atoms with Crippen LogP contribution in [0.1, 0.15) is 18.4 Å². The third-order valence-corrected chi connectivity index (χ3v) is 3.33. The molecule has 2 heterocycles. The molecule has 0 radical (unpaired) electrons. The van der Waals surface area contributed by atoms with E-state index < -0.39 is 5.97 Å². The molecule has 0 atom stereocenters. The number of rotatable bonds is 6. The van der Waals surface area contributed by atoms with Crippen molar-refractivity contribution in [2.75, 3.05) is 5.75 Å². The Bertz CT molecular complexity index is 557. The van der Waals surface area contributed by atoms with Crippen LogP contribution < -0.4 is 0 Å². The highest BCUT2D eigenvalue weighted by Crippen LogP contribution is 2.18. The van der Waals surface area contributed by atoms with Gasteiger partial charge in [-0.3, -0.25) is 9.36 Å². The second-order valence-electron chi connectivity index (χ2n) is 3.74. The molecule has 0 aromatic carbocycles. The summed E-state index contributed by atoms with van der Waals surface area (Å²) in [6.07, 6.45) is 2.33. The summed E-state index contributed by atoms with van der Waals surface area (Å²) in [4.78, 5) is 10.6. The van der Waals surface area contributed by atoms with Crippen molar-refractivity contribution < 1.29 is 9.90 Å². The summed E-state index contributed by atoms with van der Waals surface area (Å²) in [6, 6.07) is 3.67. The Balaban J connectivity index is 2.21. The Morgan fingerprint density at radius 1 is 1.42 bits per heavy atom. The number of aryl methyl sites for hydroxylation is 1. The van der Waals surface area contributed by atoms with Crippen LogP contribution in [-0.4, -0.2) is 41.8 Å². The molecule has 0 unspecified atom stereocenters. The lowest BCUT2D eigenvalue weighted by Gasteiger charge is -2.07. The van der Waals surface area contributed by atoms with E-state index in [1.54, 1.807) is 6.20 Å². The highest BCUT2D eigenvalue weighted by molar-refractivity contribution is 7.99. The average Bonchev–Trinajstić information content (AvgIpc) is 2.80. The van der Waals surface area contributed by atoms with Crippen molar-refractivity contribution in [1.82, 2.24) is 25.0 Å². The second-order valence-corrected chi connectivity index (χ2v) is 4.68. The number of aromatic nitrogens is 5. The number of carboxylic acid groups (broad SMARTS) is 1. The molecule has 0 saturated heterocycles. The molecular weight excluding hydrogens is 266 g/mol. The lowest BCUT2D eigenvalue weighted by atomic mass is 10.3. The monoisotopic (exact) mass is 279 g/mol. The molecule has 0 aliphatic carbocycles. The van der Waals surface area contributed by atoms with E-state index in [-0.39, 0.29) is 5.75 Å². The van der Waals surface area contributed by atoms with Gasteiger partial charge in [-0.25, -0.2) is 0 Å². The quantitative estimate of drug-likeness (QED) is 0.783. The Morgan fingerprint density at radius 3 is 2.89 bits per heavy atom. The molecule has 0 amide bonds. The molecule has 1 N–H and O–H groups in total. The van der Waals surface area contributed by atoms with E-state index in [0.717, 1.165) is 29.7 Å². The van der Waals surface area contributed by atoms with E-state index in [1.807, 2.05) is 23.6 Å². The van der Waals surface area contributed by atoms with Crippen molar-refractivity contribution in [3.8, 4) is 0 Å². The van der Waals surface area contributed by atoms with Crippen LogP contribution in [-0.2, 0) is 17.8 Å². The Kier molecular flexibility index (Phi) is 4.45. The van der Waals surface area contributed by atoms with Gasteiger partial charge in [0.2, 0.25) is 0 Å². The van der Waals surface area contributed by atoms with E-state index in [0.29, 0.717) is 11.7 Å². The van der Waals surface area contributed by atoms with Gasteiger partial charge in [0.1, 0.15) is 5.82 Å². The van der Waals surface area contributed by atoms with E-state index in [9.17, 15) is 4.79 Å². The van der Waals surface area contributed by atoms with Crippen molar-refractivity contribution in [3.63, 3.8) is 0 Å². The predicted molar refractivity (Wildman–Crippen MR) is 68.9 cm³/mol. The lowest BCUT2D eigenvalue weighted by Crippen LogP contribution is -2.09. The van der Waals surface area contributed by atoms with Crippen LogP contribution in [0.3, 0.4) is 0 Å². The van der Waals surface area contributed by atoms with Gasteiger partial charge in [-0.05, 0) is 12.1 Å². The highest BCUT2D eigenvalue weighted by atomic mass is 32.2. The van der Waals surface area contributed by atoms with Gasteiger partial charge in [0.25, 0.3) is 0 Å². The van der Waals surface area contributed by atoms with E-state index >= 15 is 0 Å². The van der Waals surface area contributed by atoms with Crippen LogP contribution in [0.15, 0.2) is 23.5 Å². The van der Waals surface area contributed by atoms with Crippen LogP contribution in [0, 0.1) is 0 Å². The molecule has 0 aliphatic heterocycles. The SMILES string of the molecule is CCc1nnc(SCC(=O)O)n1Cc1cccnn1. The fraction of sp³-hybridized carbons (Fsp3) is 0.364. The molecule has 2 aromatic rings. The molecule has 0 fully saturated rings. The Labute approximate surface area is 114 Å². The summed E-state index contributed by atoms with van der Waals surface area (Å²) in [5.74, 6) is -0.113. The van der Waals surface area contributed by atoms with Crippen LogP contribution in [0.25, 0.3) is 0 Å². The third-order valence-electron chi connectivity index (χ3n) is 2.38. The van der Waals surface area contributed by atoms with Gasteiger partial charge in [-0.1, -0.05) is 18.7 Å². The number of hydrogen-bond donors (Lipinski definition) is 1. The fourth-order valence-corrected chi connectivity index (χ4v) is 2.23. The molecule has 0 spiro atoms. The maximum absolute atomic E-state index is 10.6. The molecule has 19 heavy (non-hydrogen) atoms. The van der Waals surface area contributed by atoms with Gasteiger partial charge in [0.05, 0.1) is 18.0 Å². The molecule has 0 bridgehead atoms. The first-order valence-corrected chi connectivity index (χ1v) is 6.72. The van der Waals surface area contributed by atoms with Crippen LogP contribution in [0.4, 0.5) is 0 Å². The first-order chi connectivity index (χ1) is 9.20. The topological polar surface area (TPSA) is 93.8 Å². The van der Waals surface area contributed by atoms with Crippen molar-refractivity contribution in [3.05, 3.63) is 29.8 Å². The van der Waals surface area contributed by atoms with E-state index in [4.69, 9.17) is 5.11 Å². The first kappa shape index (κ1) is 13.5. The van der Waals surface area contributed by atoms with Crippen molar-refractivity contribution in [2.45, 2.75) is 25.0 Å². The molecule has 0 aliphatic rings. The van der Waals surface area contributed by atoms with Crippen LogP contribution in [0.5, 0.6) is 0 Å². The van der Waals surface area contributed by atoms with Gasteiger partial charge < -0.3 is 5.11 Å². The van der Waals surface area contributed by atoms with Crippen molar-refractivity contribution in [1.29, 1.82) is 0 Å². The van der Waals surface area contributed by atoms with E-state index in [1.165, 1.54) is 0 Å². The van der Waals surface area contributed by atoms with Gasteiger partial charge in [0.15, 0.2) is 5.16 Å². The highest BCUT2D eigenvalue weighted by Gasteiger charge is 2.13. The maximum Gasteiger partial charge on any atom is 0.313 e.